The summed E-state index contributed by atoms with van der Waals surface area (Å²) in [5.41, 5.74) is 0.789. The van der Waals surface area contributed by atoms with Crippen molar-refractivity contribution in [2.45, 2.75) is 32.8 Å². The highest BCUT2D eigenvalue weighted by molar-refractivity contribution is 6.03. The fourth-order valence-electron chi connectivity index (χ4n) is 2.92. The highest BCUT2D eigenvalue weighted by Gasteiger charge is 2.24. The Kier molecular flexibility index (Phi) is 6.16. The largest absolute Gasteiger partial charge is 0.489 e. The summed E-state index contributed by atoms with van der Waals surface area (Å²) in [6.45, 7) is 7.05. The second-order valence-corrected chi connectivity index (χ2v) is 5.94. The first kappa shape index (κ1) is 17.5. The van der Waals surface area contributed by atoms with Crippen LogP contribution in [-0.2, 0) is 0 Å². The van der Waals surface area contributed by atoms with Crippen molar-refractivity contribution in [1.29, 1.82) is 0 Å². The lowest BCUT2D eigenvalue weighted by atomic mass is 10.0. The molecule has 1 saturated heterocycles. The predicted molar refractivity (Wildman–Crippen MR) is 90.2 cm³/mol. The highest BCUT2D eigenvalue weighted by Crippen LogP contribution is 2.26. The molecule has 0 radical (unpaired) electrons. The first-order chi connectivity index (χ1) is 11.1. The van der Waals surface area contributed by atoms with Gasteiger partial charge in [0.15, 0.2) is 6.29 Å². The zero-order valence-electron chi connectivity index (χ0n) is 14.2. The van der Waals surface area contributed by atoms with E-state index < -0.39 is 0 Å². The van der Waals surface area contributed by atoms with Gasteiger partial charge in [-0.1, -0.05) is 12.1 Å². The zero-order chi connectivity index (χ0) is 16.8. The molecule has 1 amide bonds. The van der Waals surface area contributed by atoms with Crippen LogP contribution in [0.3, 0.4) is 0 Å². The monoisotopic (exact) mass is 318 g/mol. The van der Waals surface area contributed by atoms with Crippen molar-refractivity contribution >= 4 is 12.2 Å². The normalized spacial score (nSPS) is 16.1. The van der Waals surface area contributed by atoms with Crippen LogP contribution in [0.5, 0.6) is 5.75 Å². The molecule has 0 bridgehead atoms. The van der Waals surface area contributed by atoms with E-state index in [9.17, 15) is 9.59 Å². The Labute approximate surface area is 138 Å². The number of benzene rings is 1. The average molecular weight is 318 g/mol. The summed E-state index contributed by atoms with van der Waals surface area (Å²) < 4.78 is 6.10. The molecule has 0 aromatic heterocycles. The van der Waals surface area contributed by atoms with Crippen LogP contribution in [0.15, 0.2) is 18.2 Å². The fraction of sp³-hybridized carbons (Fsp3) is 0.556. The van der Waals surface area contributed by atoms with E-state index in [1.54, 1.807) is 23.1 Å². The maximum absolute atomic E-state index is 12.8. The smallest absolute Gasteiger partial charge is 0.258 e. The van der Waals surface area contributed by atoms with Crippen LogP contribution in [0, 0.1) is 0 Å². The minimum atomic E-state index is -0.138. The second kappa shape index (κ2) is 8.11. The van der Waals surface area contributed by atoms with Crippen LogP contribution in [0.4, 0.5) is 0 Å². The maximum atomic E-state index is 12.8. The number of hydrogen-bond donors (Lipinski definition) is 0. The molecule has 126 valence electrons. The quantitative estimate of drug-likeness (QED) is 0.756. The Morgan fingerprint density at radius 2 is 1.96 bits per heavy atom. The maximum Gasteiger partial charge on any atom is 0.258 e. The summed E-state index contributed by atoms with van der Waals surface area (Å²) in [6, 6.07) is 5.24. The number of ether oxygens (including phenoxy) is 1. The average Bonchev–Trinajstić information content (AvgIpc) is 2.57. The third-order valence-corrected chi connectivity index (χ3v) is 4.41. The summed E-state index contributed by atoms with van der Waals surface area (Å²) >= 11 is 0. The minimum absolute atomic E-state index is 0.0938. The molecular formula is C18H26N2O3. The first-order valence-electron chi connectivity index (χ1n) is 8.33. The van der Waals surface area contributed by atoms with Crippen LogP contribution >= 0.6 is 0 Å². The number of carbonyl (C=O) groups is 2. The molecule has 1 aliphatic rings. The summed E-state index contributed by atoms with van der Waals surface area (Å²) in [5.74, 6) is 0.390. The first-order valence-corrected chi connectivity index (χ1v) is 8.33. The molecule has 1 heterocycles. The van der Waals surface area contributed by atoms with Crippen molar-refractivity contribution in [1.82, 2.24) is 9.80 Å². The summed E-state index contributed by atoms with van der Waals surface area (Å²) in [4.78, 5) is 28.1. The Balaban J connectivity index is 2.28. The molecule has 1 aromatic rings. The van der Waals surface area contributed by atoms with Crippen LogP contribution in [0.2, 0.25) is 0 Å². The van der Waals surface area contributed by atoms with E-state index in [1.165, 1.54) is 0 Å². The van der Waals surface area contributed by atoms with Crippen molar-refractivity contribution in [3.8, 4) is 5.75 Å². The second-order valence-electron chi connectivity index (χ2n) is 5.94. The number of likely N-dealkylation sites (tertiary alicyclic amines) is 1. The molecule has 5 heteroatoms. The van der Waals surface area contributed by atoms with Gasteiger partial charge in [0, 0.05) is 31.7 Å². The van der Waals surface area contributed by atoms with Crippen molar-refractivity contribution in [2.75, 3.05) is 33.2 Å². The lowest BCUT2D eigenvalue weighted by Gasteiger charge is -2.30. The van der Waals surface area contributed by atoms with E-state index in [2.05, 4.69) is 11.9 Å². The topological polar surface area (TPSA) is 49.9 Å². The van der Waals surface area contributed by atoms with Crippen molar-refractivity contribution < 1.29 is 14.3 Å². The molecule has 2 rings (SSSR count). The van der Waals surface area contributed by atoms with E-state index in [0.717, 1.165) is 32.2 Å². The van der Waals surface area contributed by atoms with Crippen molar-refractivity contribution in [3.63, 3.8) is 0 Å². The molecule has 1 fully saturated rings. The molecule has 5 nitrogen and oxygen atoms in total. The number of piperidine rings is 1. The SMILES string of the molecule is CCN(CC)C(=O)c1c(C=O)cccc1OC1CCN(C)CC1. The van der Waals surface area contributed by atoms with Gasteiger partial charge in [-0.15, -0.1) is 0 Å². The third kappa shape index (κ3) is 4.10. The van der Waals surface area contributed by atoms with Gasteiger partial charge in [0.25, 0.3) is 5.91 Å². The fourth-order valence-corrected chi connectivity index (χ4v) is 2.92. The van der Waals surface area contributed by atoms with Gasteiger partial charge in [0.2, 0.25) is 0 Å². The highest BCUT2D eigenvalue weighted by atomic mass is 16.5. The van der Waals surface area contributed by atoms with Crippen LogP contribution in [-0.4, -0.2) is 61.3 Å². The Morgan fingerprint density at radius 3 is 2.52 bits per heavy atom. The van der Waals surface area contributed by atoms with Gasteiger partial charge in [0.05, 0.1) is 5.56 Å². The van der Waals surface area contributed by atoms with Crippen molar-refractivity contribution in [2.24, 2.45) is 0 Å². The molecule has 0 spiro atoms. The Bertz CT molecular complexity index is 547. The molecule has 23 heavy (non-hydrogen) atoms. The number of rotatable bonds is 6. The van der Waals surface area contributed by atoms with Crippen LogP contribution in [0.1, 0.15) is 47.4 Å². The minimum Gasteiger partial charge on any atom is -0.489 e. The lowest BCUT2D eigenvalue weighted by molar-refractivity contribution is 0.0752. The summed E-state index contributed by atoms with van der Waals surface area (Å²) in [5, 5.41) is 0. The number of amides is 1. The number of aldehydes is 1. The zero-order valence-corrected chi connectivity index (χ0v) is 14.2. The van der Waals surface area contributed by atoms with Gasteiger partial charge < -0.3 is 14.5 Å². The van der Waals surface area contributed by atoms with Crippen molar-refractivity contribution in [3.05, 3.63) is 29.3 Å². The molecule has 0 atom stereocenters. The summed E-state index contributed by atoms with van der Waals surface area (Å²) in [6.07, 6.45) is 2.69. The standard InChI is InChI=1S/C18H26N2O3/c1-4-20(5-2)18(22)17-14(13-21)7-6-8-16(17)23-15-9-11-19(3)12-10-15/h6-8,13,15H,4-5,9-12H2,1-3H3. The summed E-state index contributed by atoms with van der Waals surface area (Å²) in [7, 11) is 2.10. The lowest BCUT2D eigenvalue weighted by Crippen LogP contribution is -2.36. The molecule has 0 unspecified atom stereocenters. The molecule has 0 N–H and O–H groups in total. The van der Waals surface area contributed by atoms with Gasteiger partial charge in [-0.3, -0.25) is 9.59 Å². The Hall–Kier alpha value is -1.88. The van der Waals surface area contributed by atoms with Gasteiger partial charge >= 0.3 is 0 Å². The number of nitrogens with zero attached hydrogens (tertiary/aromatic N) is 2. The number of hydrogen-bond acceptors (Lipinski definition) is 4. The molecule has 0 aliphatic carbocycles. The Morgan fingerprint density at radius 1 is 1.30 bits per heavy atom. The van der Waals surface area contributed by atoms with Crippen LogP contribution in [0.25, 0.3) is 0 Å². The van der Waals surface area contributed by atoms with E-state index in [1.807, 2.05) is 13.8 Å². The van der Waals surface area contributed by atoms with E-state index in [-0.39, 0.29) is 12.0 Å². The molecule has 1 aliphatic heterocycles. The molecular weight excluding hydrogens is 292 g/mol. The molecule has 1 aromatic carbocycles. The van der Waals surface area contributed by atoms with Gasteiger partial charge in [-0.25, -0.2) is 0 Å². The van der Waals surface area contributed by atoms with Gasteiger partial charge in [0.1, 0.15) is 11.9 Å². The molecule has 0 saturated carbocycles. The van der Waals surface area contributed by atoms with Gasteiger partial charge in [-0.2, -0.15) is 0 Å². The van der Waals surface area contributed by atoms with E-state index in [4.69, 9.17) is 4.74 Å². The van der Waals surface area contributed by atoms with Crippen LogP contribution < -0.4 is 4.74 Å². The predicted octanol–water partition coefficient (Wildman–Crippen LogP) is 2.45. The van der Waals surface area contributed by atoms with Gasteiger partial charge in [-0.05, 0) is 39.8 Å². The number of carbonyl (C=O) groups excluding carboxylic acids is 2. The van der Waals surface area contributed by atoms with E-state index in [0.29, 0.717) is 30.0 Å². The van der Waals surface area contributed by atoms with E-state index >= 15 is 0 Å². The third-order valence-electron chi connectivity index (χ3n) is 4.41.